The highest BCUT2D eigenvalue weighted by Gasteiger charge is 2.20. The van der Waals surface area contributed by atoms with Gasteiger partial charge in [0, 0.05) is 23.7 Å². The molecule has 1 aromatic carbocycles. The van der Waals surface area contributed by atoms with Gasteiger partial charge < -0.3 is 18.9 Å². The Morgan fingerprint density at radius 3 is 2.18 bits per heavy atom. The van der Waals surface area contributed by atoms with Crippen molar-refractivity contribution < 1.29 is 38.1 Å². The molecule has 0 saturated carbocycles. The standard InChI is InChI=1S/C24H33NO8/c1-8-30-21(27)13-18(22(28)31-9-2)12-17-10-11-20(25-23(29)33-24(5,6)7)15(3)19(17)14-32-16(4)26/h10-12H,8-9,13-14H2,1-7H3,(H,25,29)/b18-12+. The predicted molar refractivity (Wildman–Crippen MR) is 122 cm³/mol. The largest absolute Gasteiger partial charge is 0.466 e. The van der Waals surface area contributed by atoms with Crippen LogP contribution in [0.25, 0.3) is 6.08 Å². The second-order valence-electron chi connectivity index (χ2n) is 8.08. The van der Waals surface area contributed by atoms with Gasteiger partial charge in [0.05, 0.1) is 19.6 Å². The molecule has 0 radical (unpaired) electrons. The maximum absolute atomic E-state index is 12.4. The van der Waals surface area contributed by atoms with Crippen LogP contribution in [0.4, 0.5) is 10.5 Å². The number of carbonyl (C=O) groups is 4. The molecule has 182 valence electrons. The Kier molecular flexibility index (Phi) is 10.6. The van der Waals surface area contributed by atoms with E-state index in [2.05, 4.69) is 5.32 Å². The molecule has 0 bridgehead atoms. The van der Waals surface area contributed by atoms with Crippen LogP contribution in [0.2, 0.25) is 0 Å². The summed E-state index contributed by atoms with van der Waals surface area (Å²) in [5.74, 6) is -1.72. The van der Waals surface area contributed by atoms with E-state index in [1.165, 1.54) is 13.0 Å². The molecule has 9 nitrogen and oxygen atoms in total. The molecule has 0 aliphatic rings. The van der Waals surface area contributed by atoms with Gasteiger partial charge in [0.2, 0.25) is 0 Å². The first kappa shape index (κ1) is 27.7. The lowest BCUT2D eigenvalue weighted by Crippen LogP contribution is -2.27. The van der Waals surface area contributed by atoms with Crippen molar-refractivity contribution in [3.8, 4) is 0 Å². The summed E-state index contributed by atoms with van der Waals surface area (Å²) < 4.78 is 20.5. The maximum atomic E-state index is 12.4. The fourth-order valence-corrected chi connectivity index (χ4v) is 2.79. The van der Waals surface area contributed by atoms with E-state index in [0.29, 0.717) is 22.4 Å². The highest BCUT2D eigenvalue weighted by molar-refractivity contribution is 5.98. The molecule has 0 spiro atoms. The van der Waals surface area contributed by atoms with Gasteiger partial charge in [-0.15, -0.1) is 0 Å². The van der Waals surface area contributed by atoms with E-state index >= 15 is 0 Å². The lowest BCUT2D eigenvalue weighted by molar-refractivity contribution is -0.145. The van der Waals surface area contributed by atoms with Crippen LogP contribution in [0, 0.1) is 6.92 Å². The van der Waals surface area contributed by atoms with E-state index in [4.69, 9.17) is 18.9 Å². The van der Waals surface area contributed by atoms with Gasteiger partial charge in [0.1, 0.15) is 12.2 Å². The molecule has 0 saturated heterocycles. The van der Waals surface area contributed by atoms with Crippen molar-refractivity contribution in [3.63, 3.8) is 0 Å². The fraction of sp³-hybridized carbons (Fsp3) is 0.500. The van der Waals surface area contributed by atoms with E-state index < -0.39 is 29.6 Å². The number of ether oxygens (including phenoxy) is 4. The molecular formula is C24H33NO8. The molecule has 0 atom stereocenters. The summed E-state index contributed by atoms with van der Waals surface area (Å²) in [5.41, 5.74) is 1.54. The Hall–Kier alpha value is -3.36. The molecule has 9 heteroatoms. The number of hydrogen-bond donors (Lipinski definition) is 1. The molecule has 0 fully saturated rings. The molecule has 0 aliphatic carbocycles. The van der Waals surface area contributed by atoms with Gasteiger partial charge in [-0.25, -0.2) is 9.59 Å². The van der Waals surface area contributed by atoms with Crippen molar-refractivity contribution in [1.82, 2.24) is 0 Å². The van der Waals surface area contributed by atoms with Crippen molar-refractivity contribution in [1.29, 1.82) is 0 Å². The SMILES string of the molecule is CCOC(=O)C/C(=C\c1ccc(NC(=O)OC(C)(C)C)c(C)c1COC(C)=O)C(=O)OCC. The van der Waals surface area contributed by atoms with Gasteiger partial charge in [-0.2, -0.15) is 0 Å². The van der Waals surface area contributed by atoms with Gasteiger partial charge in [-0.05, 0) is 64.8 Å². The predicted octanol–water partition coefficient (Wildman–Crippen LogP) is 4.30. The van der Waals surface area contributed by atoms with E-state index in [0.717, 1.165) is 0 Å². The van der Waals surface area contributed by atoms with E-state index in [1.807, 2.05) is 0 Å². The van der Waals surface area contributed by atoms with Gasteiger partial charge in [0.15, 0.2) is 0 Å². The number of esters is 3. The second kappa shape index (κ2) is 12.6. The maximum Gasteiger partial charge on any atom is 0.412 e. The zero-order valence-corrected chi connectivity index (χ0v) is 20.3. The van der Waals surface area contributed by atoms with Gasteiger partial charge in [-0.3, -0.25) is 14.9 Å². The third kappa shape index (κ3) is 9.76. The normalized spacial score (nSPS) is 11.4. The van der Waals surface area contributed by atoms with Crippen LogP contribution in [0.15, 0.2) is 17.7 Å². The minimum absolute atomic E-state index is 0.0895. The molecule has 1 rings (SSSR count). The molecule has 0 unspecified atom stereocenters. The minimum Gasteiger partial charge on any atom is -0.466 e. The zero-order valence-electron chi connectivity index (χ0n) is 20.3. The van der Waals surface area contributed by atoms with Crippen molar-refractivity contribution in [2.24, 2.45) is 0 Å². The fourth-order valence-electron chi connectivity index (χ4n) is 2.79. The van der Waals surface area contributed by atoms with Crippen LogP contribution in [-0.4, -0.2) is 42.8 Å². The van der Waals surface area contributed by atoms with Gasteiger partial charge in [-0.1, -0.05) is 6.07 Å². The highest BCUT2D eigenvalue weighted by Crippen LogP contribution is 2.27. The average Bonchev–Trinajstić information content (AvgIpc) is 2.67. The lowest BCUT2D eigenvalue weighted by atomic mass is 9.97. The smallest absolute Gasteiger partial charge is 0.412 e. The molecular weight excluding hydrogens is 430 g/mol. The first-order valence-corrected chi connectivity index (χ1v) is 10.7. The van der Waals surface area contributed by atoms with Gasteiger partial charge in [0.25, 0.3) is 0 Å². The van der Waals surface area contributed by atoms with Crippen LogP contribution in [0.1, 0.15) is 64.7 Å². The first-order chi connectivity index (χ1) is 15.4. The van der Waals surface area contributed by atoms with Crippen LogP contribution in [-0.2, 0) is 39.9 Å². The summed E-state index contributed by atoms with van der Waals surface area (Å²) in [6.45, 7) is 11.8. The molecule has 0 aromatic heterocycles. The summed E-state index contributed by atoms with van der Waals surface area (Å²) in [4.78, 5) is 48.1. The summed E-state index contributed by atoms with van der Waals surface area (Å²) in [6.07, 6.45) is 0.580. The Balaban J connectivity index is 3.44. The third-order valence-corrected chi connectivity index (χ3v) is 4.20. The van der Waals surface area contributed by atoms with Crippen molar-refractivity contribution in [3.05, 3.63) is 34.4 Å². The summed E-state index contributed by atoms with van der Waals surface area (Å²) in [7, 11) is 0. The Bertz CT molecular complexity index is 912. The van der Waals surface area contributed by atoms with E-state index in [9.17, 15) is 19.2 Å². The molecule has 1 amide bonds. The third-order valence-electron chi connectivity index (χ3n) is 4.20. The Morgan fingerprint density at radius 1 is 1.00 bits per heavy atom. The molecule has 0 aliphatic heterocycles. The molecule has 33 heavy (non-hydrogen) atoms. The minimum atomic E-state index is -0.678. The van der Waals surface area contributed by atoms with Crippen LogP contribution in [0.3, 0.4) is 0 Å². The summed E-state index contributed by atoms with van der Waals surface area (Å²) in [5, 5.41) is 2.68. The van der Waals surface area contributed by atoms with Crippen LogP contribution < -0.4 is 5.32 Å². The van der Waals surface area contributed by atoms with Crippen molar-refractivity contribution in [2.45, 2.75) is 67.1 Å². The summed E-state index contributed by atoms with van der Waals surface area (Å²) in [6, 6.07) is 3.28. The second-order valence-corrected chi connectivity index (χ2v) is 8.08. The molecule has 1 N–H and O–H groups in total. The van der Waals surface area contributed by atoms with E-state index in [1.54, 1.807) is 53.7 Å². The van der Waals surface area contributed by atoms with Crippen LogP contribution >= 0.6 is 0 Å². The number of anilines is 1. The van der Waals surface area contributed by atoms with E-state index in [-0.39, 0.29) is 31.8 Å². The van der Waals surface area contributed by atoms with Crippen LogP contribution in [0.5, 0.6) is 0 Å². The lowest BCUT2D eigenvalue weighted by Gasteiger charge is -2.21. The average molecular weight is 464 g/mol. The topological polar surface area (TPSA) is 117 Å². The quantitative estimate of drug-likeness (QED) is 0.327. The Labute approximate surface area is 194 Å². The zero-order chi connectivity index (χ0) is 25.2. The first-order valence-electron chi connectivity index (χ1n) is 10.7. The number of rotatable bonds is 9. The Morgan fingerprint density at radius 2 is 1.64 bits per heavy atom. The number of amides is 1. The molecule has 1 aromatic rings. The molecule has 0 heterocycles. The highest BCUT2D eigenvalue weighted by atomic mass is 16.6. The van der Waals surface area contributed by atoms with Gasteiger partial charge >= 0.3 is 24.0 Å². The van der Waals surface area contributed by atoms with Crippen molar-refractivity contribution in [2.75, 3.05) is 18.5 Å². The van der Waals surface area contributed by atoms with Crippen molar-refractivity contribution >= 4 is 35.8 Å². The number of benzene rings is 1. The summed E-state index contributed by atoms with van der Waals surface area (Å²) >= 11 is 0. The number of carbonyl (C=O) groups excluding carboxylic acids is 4. The number of hydrogen-bond acceptors (Lipinski definition) is 8. The number of nitrogens with one attached hydrogen (secondary N) is 1. The monoisotopic (exact) mass is 463 g/mol.